The molecule has 2 aromatic carbocycles. The number of aliphatic hydroxyl groups is 1. The van der Waals surface area contributed by atoms with Crippen molar-refractivity contribution in [2.24, 2.45) is 0 Å². The maximum Gasteiger partial charge on any atom is 0.141 e. The average Bonchev–Trinajstić information content (AvgIpc) is 2.95. The molecule has 4 nitrogen and oxygen atoms in total. The lowest BCUT2D eigenvalue weighted by atomic mass is 10.1. The molecular formula is C20H18N2O2. The third-order valence-electron chi connectivity index (χ3n) is 4.32. The molecule has 0 aliphatic rings. The predicted molar refractivity (Wildman–Crippen MR) is 95.3 cm³/mol. The largest absolute Gasteiger partial charge is 0.497 e. The monoisotopic (exact) mass is 318 g/mol. The molecule has 0 fully saturated rings. The van der Waals surface area contributed by atoms with Crippen LogP contribution in [0.2, 0.25) is 0 Å². The summed E-state index contributed by atoms with van der Waals surface area (Å²) in [6.07, 6.45) is 1.74. The fraction of sp³-hybridized carbons (Fsp3) is 0.150. The number of hydrogen-bond acceptors (Lipinski definition) is 3. The molecule has 0 saturated carbocycles. The zero-order valence-electron chi connectivity index (χ0n) is 13.4. The van der Waals surface area contributed by atoms with Gasteiger partial charge >= 0.3 is 0 Å². The van der Waals surface area contributed by atoms with Crippen molar-refractivity contribution in [1.82, 2.24) is 9.55 Å². The van der Waals surface area contributed by atoms with E-state index in [4.69, 9.17) is 4.74 Å². The summed E-state index contributed by atoms with van der Waals surface area (Å²) in [5, 5.41) is 11.6. The Morgan fingerprint density at radius 2 is 1.88 bits per heavy atom. The minimum Gasteiger partial charge on any atom is -0.497 e. The minimum absolute atomic E-state index is 0.00166. The van der Waals surface area contributed by atoms with Crippen LogP contribution in [0.1, 0.15) is 11.1 Å². The van der Waals surface area contributed by atoms with E-state index in [1.54, 1.807) is 13.3 Å². The first-order chi connectivity index (χ1) is 11.8. The van der Waals surface area contributed by atoms with Gasteiger partial charge in [-0.05, 0) is 35.4 Å². The van der Waals surface area contributed by atoms with Crippen LogP contribution in [0.4, 0.5) is 0 Å². The zero-order chi connectivity index (χ0) is 16.5. The molecule has 2 heterocycles. The normalized spacial score (nSPS) is 11.2. The highest BCUT2D eigenvalue weighted by atomic mass is 16.5. The number of para-hydroxylation sites is 1. The third kappa shape index (κ3) is 2.41. The molecule has 0 amide bonds. The average molecular weight is 318 g/mol. The summed E-state index contributed by atoms with van der Waals surface area (Å²) in [6, 6.07) is 18.4. The second-order valence-corrected chi connectivity index (χ2v) is 5.83. The van der Waals surface area contributed by atoms with Crippen molar-refractivity contribution >= 4 is 21.9 Å². The number of aliphatic hydroxyl groups excluding tert-OH is 1. The molecule has 1 N–H and O–H groups in total. The molecule has 0 atom stereocenters. The molecule has 0 bridgehead atoms. The van der Waals surface area contributed by atoms with Crippen molar-refractivity contribution in [2.45, 2.75) is 13.2 Å². The standard InChI is InChI=1S/C20H18N2O2/c1-24-16-6-4-5-14(9-16)12-22-19-8-3-2-7-17(19)18-10-15(13-23)11-21-20(18)22/h2-11,23H,12-13H2,1H3. The molecule has 0 saturated heterocycles. The van der Waals surface area contributed by atoms with Gasteiger partial charge in [0.05, 0.1) is 19.2 Å². The fourth-order valence-electron chi connectivity index (χ4n) is 3.16. The van der Waals surface area contributed by atoms with Crippen LogP contribution in [0.5, 0.6) is 5.75 Å². The lowest BCUT2D eigenvalue weighted by Gasteiger charge is -2.08. The lowest BCUT2D eigenvalue weighted by Crippen LogP contribution is -2.01. The maximum atomic E-state index is 9.41. The Labute approximate surface area is 139 Å². The first-order valence-electron chi connectivity index (χ1n) is 7.90. The number of pyridine rings is 1. The minimum atomic E-state index is -0.00166. The van der Waals surface area contributed by atoms with E-state index >= 15 is 0 Å². The van der Waals surface area contributed by atoms with Crippen molar-refractivity contribution in [3.8, 4) is 5.75 Å². The summed E-state index contributed by atoms with van der Waals surface area (Å²) in [5.74, 6) is 0.851. The van der Waals surface area contributed by atoms with Crippen LogP contribution in [-0.2, 0) is 13.2 Å². The van der Waals surface area contributed by atoms with Gasteiger partial charge in [0.15, 0.2) is 0 Å². The SMILES string of the molecule is COc1cccc(Cn2c3ccccc3c3cc(CO)cnc32)c1. The summed E-state index contributed by atoms with van der Waals surface area (Å²) in [5.41, 5.74) is 4.05. The Morgan fingerprint density at radius 3 is 2.71 bits per heavy atom. The van der Waals surface area contributed by atoms with Gasteiger partial charge in [-0.3, -0.25) is 0 Å². The number of benzene rings is 2. The highest BCUT2D eigenvalue weighted by molar-refractivity contribution is 6.06. The third-order valence-corrected chi connectivity index (χ3v) is 4.32. The van der Waals surface area contributed by atoms with Gasteiger partial charge in [0.1, 0.15) is 11.4 Å². The van der Waals surface area contributed by atoms with Crippen LogP contribution in [0.25, 0.3) is 21.9 Å². The van der Waals surface area contributed by atoms with E-state index in [2.05, 4.69) is 27.8 Å². The second-order valence-electron chi connectivity index (χ2n) is 5.83. The number of hydrogen-bond donors (Lipinski definition) is 1. The van der Waals surface area contributed by atoms with Crippen molar-refractivity contribution in [3.63, 3.8) is 0 Å². The Balaban J connectivity index is 1.92. The molecule has 4 rings (SSSR count). The molecule has 0 spiro atoms. The molecule has 24 heavy (non-hydrogen) atoms. The number of ether oxygens (including phenoxy) is 1. The van der Waals surface area contributed by atoms with Crippen molar-refractivity contribution in [3.05, 3.63) is 71.9 Å². The van der Waals surface area contributed by atoms with Gasteiger partial charge in [-0.1, -0.05) is 30.3 Å². The summed E-state index contributed by atoms with van der Waals surface area (Å²) in [4.78, 5) is 4.60. The molecule has 0 unspecified atom stereocenters. The number of aromatic nitrogens is 2. The number of rotatable bonds is 4. The molecule has 0 aliphatic heterocycles. The molecule has 4 heteroatoms. The van der Waals surface area contributed by atoms with Crippen LogP contribution in [0.15, 0.2) is 60.8 Å². The van der Waals surface area contributed by atoms with Crippen LogP contribution in [0, 0.1) is 0 Å². The van der Waals surface area contributed by atoms with E-state index in [1.165, 1.54) is 0 Å². The quantitative estimate of drug-likeness (QED) is 0.623. The topological polar surface area (TPSA) is 47.3 Å². The van der Waals surface area contributed by atoms with Gasteiger partial charge in [-0.2, -0.15) is 0 Å². The van der Waals surface area contributed by atoms with E-state index < -0.39 is 0 Å². The molecule has 2 aromatic heterocycles. The van der Waals surface area contributed by atoms with E-state index in [1.807, 2.05) is 36.4 Å². The molecule has 120 valence electrons. The highest BCUT2D eigenvalue weighted by Gasteiger charge is 2.12. The van der Waals surface area contributed by atoms with Crippen molar-refractivity contribution in [2.75, 3.05) is 7.11 Å². The molecule has 0 radical (unpaired) electrons. The van der Waals surface area contributed by atoms with Gasteiger partial charge in [0.25, 0.3) is 0 Å². The van der Waals surface area contributed by atoms with Gasteiger partial charge in [0, 0.05) is 23.5 Å². The van der Waals surface area contributed by atoms with Gasteiger partial charge in [-0.25, -0.2) is 4.98 Å². The van der Waals surface area contributed by atoms with Crippen LogP contribution < -0.4 is 4.74 Å². The first-order valence-corrected chi connectivity index (χ1v) is 7.90. The smallest absolute Gasteiger partial charge is 0.141 e. The Hall–Kier alpha value is -2.85. The fourth-order valence-corrected chi connectivity index (χ4v) is 3.16. The highest BCUT2D eigenvalue weighted by Crippen LogP contribution is 2.29. The second kappa shape index (κ2) is 5.98. The van der Waals surface area contributed by atoms with E-state index in [0.717, 1.165) is 38.8 Å². The first kappa shape index (κ1) is 14.7. The van der Waals surface area contributed by atoms with E-state index in [-0.39, 0.29) is 6.61 Å². The van der Waals surface area contributed by atoms with Gasteiger partial charge in [-0.15, -0.1) is 0 Å². The zero-order valence-corrected chi connectivity index (χ0v) is 13.4. The van der Waals surface area contributed by atoms with Gasteiger partial charge in [0.2, 0.25) is 0 Å². The Bertz CT molecular complexity index is 1020. The van der Waals surface area contributed by atoms with E-state index in [9.17, 15) is 5.11 Å². The summed E-state index contributed by atoms with van der Waals surface area (Å²) >= 11 is 0. The van der Waals surface area contributed by atoms with Crippen LogP contribution >= 0.6 is 0 Å². The van der Waals surface area contributed by atoms with Crippen LogP contribution in [0.3, 0.4) is 0 Å². The van der Waals surface area contributed by atoms with Gasteiger partial charge < -0.3 is 14.4 Å². The Kier molecular flexibility index (Phi) is 3.67. The molecule has 4 aromatic rings. The number of nitrogens with zero attached hydrogens (tertiary/aromatic N) is 2. The van der Waals surface area contributed by atoms with Crippen molar-refractivity contribution in [1.29, 1.82) is 0 Å². The molecule has 0 aliphatic carbocycles. The number of methoxy groups -OCH3 is 1. The Morgan fingerprint density at radius 1 is 1.00 bits per heavy atom. The van der Waals surface area contributed by atoms with Crippen LogP contribution in [-0.4, -0.2) is 21.8 Å². The summed E-state index contributed by atoms with van der Waals surface area (Å²) in [6.45, 7) is 0.713. The summed E-state index contributed by atoms with van der Waals surface area (Å²) in [7, 11) is 1.68. The van der Waals surface area contributed by atoms with E-state index in [0.29, 0.717) is 6.54 Å². The maximum absolute atomic E-state index is 9.41. The number of fused-ring (bicyclic) bond motifs is 3. The molecular weight excluding hydrogens is 300 g/mol. The van der Waals surface area contributed by atoms with Crippen molar-refractivity contribution < 1.29 is 9.84 Å². The predicted octanol–water partition coefficient (Wildman–Crippen LogP) is 3.74. The summed E-state index contributed by atoms with van der Waals surface area (Å²) < 4.78 is 7.54. The lowest BCUT2D eigenvalue weighted by molar-refractivity contribution is 0.281.